The van der Waals surface area contributed by atoms with Crippen LogP contribution in [-0.2, 0) is 11.8 Å². The predicted octanol–water partition coefficient (Wildman–Crippen LogP) is 1.60. The van der Waals surface area contributed by atoms with Gasteiger partial charge in [0.25, 0.3) is 0 Å². The number of benzene rings is 1. The van der Waals surface area contributed by atoms with Gasteiger partial charge >= 0.3 is 0 Å². The first-order valence-electron chi connectivity index (χ1n) is 5.71. The Hall–Kier alpha value is -0.860. The van der Waals surface area contributed by atoms with Crippen LogP contribution in [0, 0.1) is 0 Å². The van der Waals surface area contributed by atoms with E-state index in [1.807, 2.05) is 0 Å². The Morgan fingerprint density at radius 1 is 1.33 bits per heavy atom. The smallest absolute Gasteiger partial charge is 0.0527 e. The van der Waals surface area contributed by atoms with Crippen LogP contribution in [0.3, 0.4) is 0 Å². The van der Waals surface area contributed by atoms with Gasteiger partial charge in [0.2, 0.25) is 0 Å². The normalized spacial score (nSPS) is 17.7. The molecular weight excluding hydrogens is 186 g/mol. The number of aliphatic hydroxyl groups is 1. The standard InChI is InChI=1S/C13H19NO/c14-8-2-4-11-3-1-5-12(9-11)13(10-15)6-7-13/h1,3,5,9,15H,2,4,6-8,10,14H2. The maximum atomic E-state index is 9.36. The molecule has 0 atom stereocenters. The topological polar surface area (TPSA) is 46.2 Å². The Balaban J connectivity index is 2.12. The Labute approximate surface area is 91.1 Å². The molecule has 1 saturated carbocycles. The van der Waals surface area contributed by atoms with E-state index in [-0.39, 0.29) is 12.0 Å². The van der Waals surface area contributed by atoms with Crippen LogP contribution in [0.5, 0.6) is 0 Å². The van der Waals surface area contributed by atoms with Crippen molar-refractivity contribution in [3.8, 4) is 0 Å². The molecule has 2 rings (SSSR count). The van der Waals surface area contributed by atoms with Crippen molar-refractivity contribution in [3.05, 3.63) is 35.4 Å². The minimum Gasteiger partial charge on any atom is -0.395 e. The summed E-state index contributed by atoms with van der Waals surface area (Å²) in [6, 6.07) is 8.61. The molecule has 0 heterocycles. The molecule has 0 aromatic heterocycles. The van der Waals surface area contributed by atoms with E-state index in [0.717, 1.165) is 32.2 Å². The Bertz CT molecular complexity index is 331. The van der Waals surface area contributed by atoms with Crippen LogP contribution in [0.1, 0.15) is 30.4 Å². The third-order valence-electron chi connectivity index (χ3n) is 3.37. The van der Waals surface area contributed by atoms with Gasteiger partial charge < -0.3 is 10.8 Å². The highest BCUT2D eigenvalue weighted by molar-refractivity contribution is 5.34. The van der Waals surface area contributed by atoms with Gasteiger partial charge in [-0.15, -0.1) is 0 Å². The van der Waals surface area contributed by atoms with Gasteiger partial charge in [0, 0.05) is 5.41 Å². The summed E-state index contributed by atoms with van der Waals surface area (Å²) >= 11 is 0. The molecule has 82 valence electrons. The number of hydrogen-bond acceptors (Lipinski definition) is 2. The summed E-state index contributed by atoms with van der Waals surface area (Å²) in [5.41, 5.74) is 8.24. The lowest BCUT2D eigenvalue weighted by atomic mass is 9.94. The Morgan fingerprint density at radius 2 is 2.13 bits per heavy atom. The van der Waals surface area contributed by atoms with Crippen LogP contribution in [-0.4, -0.2) is 18.3 Å². The first kappa shape index (κ1) is 10.7. The molecule has 1 aliphatic carbocycles. The second-order valence-corrected chi connectivity index (χ2v) is 4.53. The molecule has 2 heteroatoms. The molecule has 0 spiro atoms. The van der Waals surface area contributed by atoms with Crippen LogP contribution in [0.25, 0.3) is 0 Å². The molecule has 0 bridgehead atoms. The highest BCUT2D eigenvalue weighted by atomic mass is 16.3. The molecular formula is C13H19NO. The summed E-state index contributed by atoms with van der Waals surface area (Å²) < 4.78 is 0. The molecule has 1 aromatic carbocycles. The van der Waals surface area contributed by atoms with E-state index in [4.69, 9.17) is 5.73 Å². The number of rotatable bonds is 5. The van der Waals surface area contributed by atoms with E-state index in [1.54, 1.807) is 0 Å². The second-order valence-electron chi connectivity index (χ2n) is 4.53. The summed E-state index contributed by atoms with van der Waals surface area (Å²) in [5, 5.41) is 9.36. The summed E-state index contributed by atoms with van der Waals surface area (Å²) in [6.45, 7) is 1.03. The van der Waals surface area contributed by atoms with E-state index < -0.39 is 0 Å². The molecule has 0 saturated heterocycles. The predicted molar refractivity (Wildman–Crippen MR) is 61.8 cm³/mol. The van der Waals surface area contributed by atoms with Crippen molar-refractivity contribution < 1.29 is 5.11 Å². The van der Waals surface area contributed by atoms with Crippen LogP contribution in [0.2, 0.25) is 0 Å². The fourth-order valence-electron chi connectivity index (χ4n) is 2.05. The molecule has 1 aromatic rings. The highest BCUT2D eigenvalue weighted by Gasteiger charge is 2.43. The summed E-state index contributed by atoms with van der Waals surface area (Å²) in [5.74, 6) is 0. The van der Waals surface area contributed by atoms with Crippen LogP contribution < -0.4 is 5.73 Å². The zero-order valence-corrected chi connectivity index (χ0v) is 9.08. The minimum absolute atomic E-state index is 0.0960. The first-order chi connectivity index (χ1) is 7.30. The van der Waals surface area contributed by atoms with Gasteiger partial charge in [0.05, 0.1) is 6.61 Å². The monoisotopic (exact) mass is 205 g/mol. The zero-order valence-electron chi connectivity index (χ0n) is 9.08. The second kappa shape index (κ2) is 4.33. The average Bonchev–Trinajstić information content (AvgIpc) is 3.08. The maximum absolute atomic E-state index is 9.36. The van der Waals surface area contributed by atoms with Crippen molar-refractivity contribution in [1.82, 2.24) is 0 Å². The van der Waals surface area contributed by atoms with Crippen molar-refractivity contribution in [2.45, 2.75) is 31.1 Å². The third-order valence-corrected chi connectivity index (χ3v) is 3.37. The van der Waals surface area contributed by atoms with Gasteiger partial charge in [-0.05, 0) is 43.4 Å². The molecule has 0 amide bonds. The minimum atomic E-state index is 0.0960. The number of nitrogens with two attached hydrogens (primary N) is 1. The molecule has 2 nitrogen and oxygen atoms in total. The van der Waals surface area contributed by atoms with Gasteiger partial charge in [-0.3, -0.25) is 0 Å². The van der Waals surface area contributed by atoms with Gasteiger partial charge in [0.1, 0.15) is 0 Å². The van der Waals surface area contributed by atoms with Crippen molar-refractivity contribution in [1.29, 1.82) is 0 Å². The average molecular weight is 205 g/mol. The van der Waals surface area contributed by atoms with Crippen molar-refractivity contribution in [2.75, 3.05) is 13.2 Å². The number of aryl methyl sites for hydroxylation is 1. The van der Waals surface area contributed by atoms with E-state index in [9.17, 15) is 5.11 Å². The van der Waals surface area contributed by atoms with E-state index in [2.05, 4.69) is 24.3 Å². The van der Waals surface area contributed by atoms with Gasteiger partial charge in [-0.25, -0.2) is 0 Å². The zero-order chi connectivity index (χ0) is 10.7. The molecule has 0 unspecified atom stereocenters. The fraction of sp³-hybridized carbons (Fsp3) is 0.538. The third kappa shape index (κ3) is 2.21. The molecule has 15 heavy (non-hydrogen) atoms. The molecule has 0 radical (unpaired) electrons. The molecule has 1 fully saturated rings. The van der Waals surface area contributed by atoms with Crippen LogP contribution in [0.4, 0.5) is 0 Å². The lowest BCUT2D eigenvalue weighted by Crippen LogP contribution is -2.12. The van der Waals surface area contributed by atoms with Crippen LogP contribution in [0.15, 0.2) is 24.3 Å². The van der Waals surface area contributed by atoms with Gasteiger partial charge in [-0.1, -0.05) is 24.3 Å². The van der Waals surface area contributed by atoms with E-state index in [1.165, 1.54) is 11.1 Å². The SMILES string of the molecule is NCCCc1cccc(C2(CO)CC2)c1. The quantitative estimate of drug-likeness (QED) is 0.767. The van der Waals surface area contributed by atoms with E-state index >= 15 is 0 Å². The molecule has 1 aliphatic rings. The number of aliphatic hydroxyl groups excluding tert-OH is 1. The Morgan fingerprint density at radius 3 is 2.73 bits per heavy atom. The molecule has 0 aliphatic heterocycles. The maximum Gasteiger partial charge on any atom is 0.0527 e. The van der Waals surface area contributed by atoms with Crippen LogP contribution >= 0.6 is 0 Å². The summed E-state index contributed by atoms with van der Waals surface area (Å²) in [6.07, 6.45) is 4.34. The van der Waals surface area contributed by atoms with E-state index in [0.29, 0.717) is 0 Å². The fourth-order valence-corrected chi connectivity index (χ4v) is 2.05. The van der Waals surface area contributed by atoms with Gasteiger partial charge in [-0.2, -0.15) is 0 Å². The Kier molecular flexibility index (Phi) is 3.08. The largest absolute Gasteiger partial charge is 0.395 e. The van der Waals surface area contributed by atoms with Crippen molar-refractivity contribution in [2.24, 2.45) is 5.73 Å². The lowest BCUT2D eigenvalue weighted by Gasteiger charge is -2.13. The summed E-state index contributed by atoms with van der Waals surface area (Å²) in [7, 11) is 0. The van der Waals surface area contributed by atoms with Crippen molar-refractivity contribution >= 4 is 0 Å². The highest BCUT2D eigenvalue weighted by Crippen LogP contribution is 2.47. The molecule has 3 N–H and O–H groups in total. The van der Waals surface area contributed by atoms with Crippen molar-refractivity contribution in [3.63, 3.8) is 0 Å². The number of hydrogen-bond donors (Lipinski definition) is 2. The van der Waals surface area contributed by atoms with Gasteiger partial charge in [0.15, 0.2) is 0 Å². The summed E-state index contributed by atoms with van der Waals surface area (Å²) in [4.78, 5) is 0. The lowest BCUT2D eigenvalue weighted by molar-refractivity contribution is 0.255. The first-order valence-corrected chi connectivity index (χ1v) is 5.71.